The number of amides is 1. The van der Waals surface area contributed by atoms with Crippen LogP contribution in [0.25, 0.3) is 11.1 Å². The molecular formula is C21H22F2N4O. The Labute approximate surface area is 162 Å². The summed E-state index contributed by atoms with van der Waals surface area (Å²) in [7, 11) is 0. The number of carbonyl (C=O) groups is 1. The van der Waals surface area contributed by atoms with E-state index in [1.54, 1.807) is 25.4 Å². The number of nitrogens with one attached hydrogen (secondary N) is 1. The lowest BCUT2D eigenvalue weighted by molar-refractivity contribution is 0.0953. The summed E-state index contributed by atoms with van der Waals surface area (Å²) in [5.74, 6) is -0.478. The van der Waals surface area contributed by atoms with Crippen molar-refractivity contribution < 1.29 is 13.6 Å². The van der Waals surface area contributed by atoms with Gasteiger partial charge in [0, 0.05) is 30.1 Å². The van der Waals surface area contributed by atoms with Gasteiger partial charge in [0.15, 0.2) is 0 Å². The molecule has 0 aliphatic heterocycles. The van der Waals surface area contributed by atoms with Crippen LogP contribution in [0.1, 0.15) is 41.6 Å². The molecule has 3 rings (SSSR count). The van der Waals surface area contributed by atoms with Crippen LogP contribution in [0.15, 0.2) is 42.7 Å². The minimum atomic E-state index is -0.526. The average Bonchev–Trinajstić information content (AvgIpc) is 3.11. The summed E-state index contributed by atoms with van der Waals surface area (Å²) in [6, 6.07) is 8.71. The topological polar surface area (TPSA) is 59.8 Å². The number of benzene rings is 2. The molecule has 0 atom stereocenters. The van der Waals surface area contributed by atoms with Gasteiger partial charge in [-0.15, -0.1) is 10.2 Å². The van der Waals surface area contributed by atoms with E-state index in [0.717, 1.165) is 5.82 Å². The Hall–Kier alpha value is -3.09. The second kappa shape index (κ2) is 8.29. The molecular weight excluding hydrogens is 362 g/mol. The van der Waals surface area contributed by atoms with Crippen LogP contribution in [0.2, 0.25) is 0 Å². The largest absolute Gasteiger partial charge is 0.352 e. The van der Waals surface area contributed by atoms with Gasteiger partial charge in [0.2, 0.25) is 0 Å². The standard InChI is InChI=1S/C21H22F2N4O/c1-13(2)27-12-25-26-20(27)8-9-24-21(28)15-4-6-18(19(23)11-15)17-7-5-16(22)10-14(17)3/h4-7,10-13H,8-9H2,1-3H3,(H,24,28). The van der Waals surface area contributed by atoms with E-state index in [1.165, 1.54) is 24.3 Å². The van der Waals surface area contributed by atoms with Crippen LogP contribution in [-0.4, -0.2) is 27.2 Å². The molecule has 7 heteroatoms. The lowest BCUT2D eigenvalue weighted by Crippen LogP contribution is -2.26. The first kappa shape index (κ1) is 19.7. The SMILES string of the molecule is Cc1cc(F)ccc1-c1ccc(C(=O)NCCc2nncn2C(C)C)cc1F. The predicted molar refractivity (Wildman–Crippen MR) is 103 cm³/mol. The molecule has 0 fully saturated rings. The molecule has 1 N–H and O–H groups in total. The second-order valence-corrected chi connectivity index (χ2v) is 6.91. The van der Waals surface area contributed by atoms with Crippen LogP contribution in [0.4, 0.5) is 8.78 Å². The van der Waals surface area contributed by atoms with Gasteiger partial charge in [0.1, 0.15) is 23.8 Å². The number of aromatic nitrogens is 3. The fourth-order valence-electron chi connectivity index (χ4n) is 3.07. The van der Waals surface area contributed by atoms with Crippen molar-refractivity contribution in [3.05, 3.63) is 71.3 Å². The van der Waals surface area contributed by atoms with Crippen LogP contribution in [0.3, 0.4) is 0 Å². The summed E-state index contributed by atoms with van der Waals surface area (Å²) >= 11 is 0. The third-order valence-corrected chi connectivity index (χ3v) is 4.55. The fraction of sp³-hybridized carbons (Fsp3) is 0.286. The van der Waals surface area contributed by atoms with Gasteiger partial charge in [0.25, 0.3) is 5.91 Å². The lowest BCUT2D eigenvalue weighted by atomic mass is 9.98. The first-order valence-corrected chi connectivity index (χ1v) is 9.09. The first-order valence-electron chi connectivity index (χ1n) is 9.09. The van der Waals surface area contributed by atoms with Gasteiger partial charge in [-0.25, -0.2) is 8.78 Å². The summed E-state index contributed by atoms with van der Waals surface area (Å²) in [5.41, 5.74) is 1.79. The molecule has 28 heavy (non-hydrogen) atoms. The maximum atomic E-state index is 14.6. The zero-order valence-electron chi connectivity index (χ0n) is 16.0. The Morgan fingerprint density at radius 1 is 1.14 bits per heavy atom. The summed E-state index contributed by atoms with van der Waals surface area (Å²) in [6.45, 7) is 6.14. The van der Waals surface area contributed by atoms with Crippen molar-refractivity contribution in [2.24, 2.45) is 0 Å². The van der Waals surface area contributed by atoms with Crippen molar-refractivity contribution in [1.29, 1.82) is 0 Å². The minimum Gasteiger partial charge on any atom is -0.352 e. The lowest BCUT2D eigenvalue weighted by Gasteiger charge is -2.11. The van der Waals surface area contributed by atoms with E-state index < -0.39 is 5.82 Å². The van der Waals surface area contributed by atoms with Crippen LogP contribution in [-0.2, 0) is 6.42 Å². The highest BCUT2D eigenvalue weighted by Crippen LogP contribution is 2.27. The van der Waals surface area contributed by atoms with E-state index in [0.29, 0.717) is 29.7 Å². The predicted octanol–water partition coefficient (Wildman–Crippen LogP) is 4.09. The van der Waals surface area contributed by atoms with Crippen molar-refractivity contribution in [3.63, 3.8) is 0 Å². The highest BCUT2D eigenvalue weighted by molar-refractivity contribution is 5.94. The van der Waals surface area contributed by atoms with E-state index in [2.05, 4.69) is 15.5 Å². The third-order valence-electron chi connectivity index (χ3n) is 4.55. The highest BCUT2D eigenvalue weighted by Gasteiger charge is 2.13. The molecule has 5 nitrogen and oxygen atoms in total. The Morgan fingerprint density at radius 2 is 1.89 bits per heavy atom. The molecule has 0 unspecified atom stereocenters. The molecule has 0 saturated heterocycles. The highest BCUT2D eigenvalue weighted by atomic mass is 19.1. The zero-order valence-corrected chi connectivity index (χ0v) is 16.0. The summed E-state index contributed by atoms with van der Waals surface area (Å²) in [5, 5.41) is 10.7. The summed E-state index contributed by atoms with van der Waals surface area (Å²) in [4.78, 5) is 12.3. The van der Waals surface area contributed by atoms with Gasteiger partial charge in [-0.2, -0.15) is 0 Å². The molecule has 0 spiro atoms. The van der Waals surface area contributed by atoms with E-state index in [-0.39, 0.29) is 23.3 Å². The molecule has 2 aromatic carbocycles. The maximum Gasteiger partial charge on any atom is 0.251 e. The Morgan fingerprint density at radius 3 is 2.57 bits per heavy atom. The van der Waals surface area contributed by atoms with Gasteiger partial charge >= 0.3 is 0 Å². The number of hydrogen-bond acceptors (Lipinski definition) is 3. The monoisotopic (exact) mass is 384 g/mol. The molecule has 0 saturated carbocycles. The van der Waals surface area contributed by atoms with Gasteiger partial charge in [-0.1, -0.05) is 12.1 Å². The Bertz CT molecular complexity index is 998. The number of rotatable bonds is 6. The summed E-state index contributed by atoms with van der Waals surface area (Å²) < 4.78 is 29.8. The molecule has 0 bridgehead atoms. The Kier molecular flexibility index (Phi) is 5.82. The number of hydrogen-bond donors (Lipinski definition) is 1. The third kappa shape index (κ3) is 4.24. The summed E-state index contributed by atoms with van der Waals surface area (Å²) in [6.07, 6.45) is 2.19. The first-order chi connectivity index (χ1) is 13.4. The molecule has 1 heterocycles. The van der Waals surface area contributed by atoms with Crippen molar-refractivity contribution in [3.8, 4) is 11.1 Å². The minimum absolute atomic E-state index is 0.228. The molecule has 3 aromatic rings. The van der Waals surface area contributed by atoms with Crippen molar-refractivity contribution in [1.82, 2.24) is 20.1 Å². The number of halogens is 2. The van der Waals surface area contributed by atoms with Crippen LogP contribution < -0.4 is 5.32 Å². The molecule has 1 amide bonds. The second-order valence-electron chi connectivity index (χ2n) is 6.91. The fourth-order valence-corrected chi connectivity index (χ4v) is 3.07. The molecule has 0 aliphatic rings. The van der Waals surface area contributed by atoms with Crippen LogP contribution >= 0.6 is 0 Å². The number of nitrogens with zero attached hydrogens (tertiary/aromatic N) is 3. The van der Waals surface area contributed by atoms with Gasteiger partial charge in [-0.05, 0) is 56.2 Å². The van der Waals surface area contributed by atoms with Crippen molar-refractivity contribution >= 4 is 5.91 Å². The number of carbonyl (C=O) groups excluding carboxylic acids is 1. The van der Waals surface area contributed by atoms with E-state index in [1.807, 2.05) is 18.4 Å². The van der Waals surface area contributed by atoms with Gasteiger partial charge < -0.3 is 9.88 Å². The maximum absolute atomic E-state index is 14.6. The molecule has 0 aliphatic carbocycles. The zero-order chi connectivity index (χ0) is 20.3. The number of aryl methyl sites for hydroxylation is 1. The molecule has 0 radical (unpaired) electrons. The molecule has 146 valence electrons. The molecule has 1 aromatic heterocycles. The van der Waals surface area contributed by atoms with Crippen LogP contribution in [0.5, 0.6) is 0 Å². The van der Waals surface area contributed by atoms with Crippen molar-refractivity contribution in [2.75, 3.05) is 6.54 Å². The van der Waals surface area contributed by atoms with Crippen LogP contribution in [0, 0.1) is 18.6 Å². The smallest absolute Gasteiger partial charge is 0.251 e. The van der Waals surface area contributed by atoms with E-state index in [9.17, 15) is 13.6 Å². The quantitative estimate of drug-likeness (QED) is 0.697. The van der Waals surface area contributed by atoms with Gasteiger partial charge in [0.05, 0.1) is 0 Å². The normalized spacial score (nSPS) is 11.1. The average molecular weight is 384 g/mol. The van der Waals surface area contributed by atoms with E-state index >= 15 is 0 Å². The van der Waals surface area contributed by atoms with E-state index in [4.69, 9.17) is 0 Å². The van der Waals surface area contributed by atoms with Crippen molar-refractivity contribution in [2.45, 2.75) is 33.2 Å². The van der Waals surface area contributed by atoms with Gasteiger partial charge in [-0.3, -0.25) is 4.79 Å². The Balaban J connectivity index is 1.68.